The van der Waals surface area contributed by atoms with Crippen LogP contribution in [0.25, 0.3) is 10.8 Å². The van der Waals surface area contributed by atoms with Gasteiger partial charge in [-0.05, 0) is 18.4 Å². The van der Waals surface area contributed by atoms with Crippen molar-refractivity contribution in [3.63, 3.8) is 0 Å². The van der Waals surface area contributed by atoms with Gasteiger partial charge in [0.15, 0.2) is 0 Å². The number of halogens is 1. The molecule has 0 aliphatic heterocycles. The predicted molar refractivity (Wildman–Crippen MR) is 82.4 cm³/mol. The minimum absolute atomic E-state index is 0.0151. The molecule has 0 radical (unpaired) electrons. The van der Waals surface area contributed by atoms with E-state index in [9.17, 15) is 9.59 Å². The first-order chi connectivity index (χ1) is 10.0. The number of rotatable bonds is 4. The molecule has 0 atom stereocenters. The first kappa shape index (κ1) is 15.3. The highest BCUT2D eigenvalue weighted by atomic mass is 35.5. The molecule has 5 nitrogen and oxygen atoms in total. The van der Waals surface area contributed by atoms with E-state index < -0.39 is 0 Å². The molecule has 2 amide bonds. The number of aromatic nitrogens is 1. The third-order valence-electron chi connectivity index (χ3n) is 3.01. The first-order valence-corrected chi connectivity index (χ1v) is 6.98. The van der Waals surface area contributed by atoms with Crippen molar-refractivity contribution >= 4 is 34.2 Å². The van der Waals surface area contributed by atoms with Crippen molar-refractivity contribution < 1.29 is 9.59 Å². The fourth-order valence-electron chi connectivity index (χ4n) is 2.00. The largest absolute Gasteiger partial charge is 0.355 e. The number of hydrogen-bond acceptors (Lipinski definition) is 3. The fourth-order valence-corrected chi connectivity index (χ4v) is 2.26. The van der Waals surface area contributed by atoms with Crippen LogP contribution < -0.4 is 5.32 Å². The van der Waals surface area contributed by atoms with E-state index in [1.54, 1.807) is 13.1 Å². The normalized spacial score (nSPS) is 10.4. The number of benzene rings is 1. The van der Waals surface area contributed by atoms with Gasteiger partial charge >= 0.3 is 0 Å². The summed E-state index contributed by atoms with van der Waals surface area (Å²) in [4.78, 5) is 29.3. The van der Waals surface area contributed by atoms with Gasteiger partial charge in [-0.2, -0.15) is 0 Å². The maximum absolute atomic E-state index is 12.3. The molecule has 0 aliphatic rings. The monoisotopic (exact) mass is 305 g/mol. The van der Waals surface area contributed by atoms with Crippen molar-refractivity contribution in [2.24, 2.45) is 0 Å². The molecule has 1 N–H and O–H groups in total. The van der Waals surface area contributed by atoms with Gasteiger partial charge in [0.2, 0.25) is 5.91 Å². The molecule has 6 heteroatoms. The highest BCUT2D eigenvalue weighted by molar-refractivity contribution is 6.34. The number of pyridine rings is 1. The smallest absolute Gasteiger partial charge is 0.272 e. The van der Waals surface area contributed by atoms with Crippen LogP contribution in [0.5, 0.6) is 0 Å². The highest BCUT2D eigenvalue weighted by Gasteiger charge is 2.17. The lowest BCUT2D eigenvalue weighted by molar-refractivity contribution is -0.121. The molecular formula is C15H16ClN3O2. The van der Waals surface area contributed by atoms with Crippen molar-refractivity contribution in [3.8, 4) is 0 Å². The molecule has 1 aromatic carbocycles. The number of nitrogens with one attached hydrogen (secondary N) is 1. The lowest BCUT2D eigenvalue weighted by Crippen LogP contribution is -2.38. The average molecular weight is 306 g/mol. The summed E-state index contributed by atoms with van der Waals surface area (Å²) in [5.41, 5.74) is 0.227. The van der Waals surface area contributed by atoms with Gasteiger partial charge in [-0.3, -0.25) is 9.59 Å². The number of hydrogen-bond donors (Lipinski definition) is 1. The Hall–Kier alpha value is -2.14. The molecule has 0 saturated carbocycles. The first-order valence-electron chi connectivity index (χ1n) is 6.60. The minimum atomic E-state index is -0.339. The van der Waals surface area contributed by atoms with Crippen LogP contribution in [-0.4, -0.2) is 41.8 Å². The van der Waals surface area contributed by atoms with Gasteiger partial charge in [-0.25, -0.2) is 4.98 Å². The molecule has 1 heterocycles. The second-order valence-electron chi connectivity index (χ2n) is 4.63. The summed E-state index contributed by atoms with van der Waals surface area (Å²) in [6.07, 6.45) is 0. The quantitative estimate of drug-likeness (QED) is 0.880. The Balaban J connectivity index is 2.25. The molecule has 110 valence electrons. The molecule has 0 aliphatic carbocycles. The summed E-state index contributed by atoms with van der Waals surface area (Å²) in [5, 5.41) is 4.56. The zero-order chi connectivity index (χ0) is 15.4. The molecule has 2 aromatic rings. The Morgan fingerprint density at radius 1 is 1.33 bits per heavy atom. The number of nitrogens with zero attached hydrogens (tertiary/aromatic N) is 2. The van der Waals surface area contributed by atoms with E-state index in [2.05, 4.69) is 10.3 Å². The maximum Gasteiger partial charge on any atom is 0.272 e. The number of likely N-dealkylation sites (N-methyl/N-ethyl adjacent to an activating group) is 2. The van der Waals surface area contributed by atoms with Crippen LogP contribution in [-0.2, 0) is 4.79 Å². The summed E-state index contributed by atoms with van der Waals surface area (Å²) in [6.45, 7) is 2.34. The Morgan fingerprint density at radius 3 is 2.76 bits per heavy atom. The Bertz CT molecular complexity index is 688. The van der Waals surface area contributed by atoms with Crippen molar-refractivity contribution in [3.05, 3.63) is 41.2 Å². The van der Waals surface area contributed by atoms with Crippen molar-refractivity contribution in [2.75, 3.05) is 20.1 Å². The Morgan fingerprint density at radius 2 is 2.05 bits per heavy atom. The van der Waals surface area contributed by atoms with E-state index in [0.29, 0.717) is 6.54 Å². The lowest BCUT2D eigenvalue weighted by Gasteiger charge is -2.16. The van der Waals surface area contributed by atoms with E-state index in [-0.39, 0.29) is 29.2 Å². The molecule has 0 fully saturated rings. The molecule has 2 rings (SSSR count). The number of carbonyl (C=O) groups is 2. The molecule has 0 bridgehead atoms. The molecule has 0 saturated heterocycles. The van der Waals surface area contributed by atoms with Gasteiger partial charge in [0.1, 0.15) is 10.8 Å². The van der Waals surface area contributed by atoms with Crippen molar-refractivity contribution in [1.29, 1.82) is 0 Å². The summed E-state index contributed by atoms with van der Waals surface area (Å²) in [5.74, 6) is -0.547. The van der Waals surface area contributed by atoms with Gasteiger partial charge in [0.25, 0.3) is 5.91 Å². The van der Waals surface area contributed by atoms with Gasteiger partial charge in [0.05, 0.1) is 6.54 Å². The third kappa shape index (κ3) is 3.49. The number of amides is 2. The maximum atomic E-state index is 12.3. The average Bonchev–Trinajstić information content (AvgIpc) is 2.46. The number of carbonyl (C=O) groups excluding carboxylic acids is 2. The Labute approximate surface area is 127 Å². The van der Waals surface area contributed by atoms with Crippen LogP contribution in [0.2, 0.25) is 5.15 Å². The summed E-state index contributed by atoms with van der Waals surface area (Å²) in [7, 11) is 1.56. The highest BCUT2D eigenvalue weighted by Crippen LogP contribution is 2.22. The van der Waals surface area contributed by atoms with Crippen molar-refractivity contribution in [1.82, 2.24) is 15.2 Å². The van der Waals surface area contributed by atoms with Gasteiger partial charge < -0.3 is 10.2 Å². The summed E-state index contributed by atoms with van der Waals surface area (Å²) in [6, 6.07) is 9.11. The summed E-state index contributed by atoms with van der Waals surface area (Å²) < 4.78 is 0. The molecular weight excluding hydrogens is 290 g/mol. The number of fused-ring (bicyclic) bond motifs is 1. The van der Waals surface area contributed by atoms with Crippen LogP contribution in [0.3, 0.4) is 0 Å². The van der Waals surface area contributed by atoms with Gasteiger partial charge in [0, 0.05) is 19.0 Å². The van der Waals surface area contributed by atoms with E-state index >= 15 is 0 Å². The van der Waals surface area contributed by atoms with E-state index in [0.717, 1.165) is 10.8 Å². The molecule has 1 aromatic heterocycles. The SMILES string of the molecule is CCNC(=O)CN(C)C(=O)c1cc2ccccc2c(Cl)n1. The van der Waals surface area contributed by atoms with E-state index in [1.165, 1.54) is 4.90 Å². The molecule has 0 spiro atoms. The van der Waals surface area contributed by atoms with Crippen LogP contribution in [0.15, 0.2) is 30.3 Å². The van der Waals surface area contributed by atoms with Gasteiger partial charge in [-0.15, -0.1) is 0 Å². The topological polar surface area (TPSA) is 62.3 Å². The molecule has 21 heavy (non-hydrogen) atoms. The summed E-state index contributed by atoms with van der Waals surface area (Å²) >= 11 is 6.11. The van der Waals surface area contributed by atoms with Crippen LogP contribution in [0.4, 0.5) is 0 Å². The van der Waals surface area contributed by atoms with Gasteiger partial charge in [-0.1, -0.05) is 35.9 Å². The zero-order valence-electron chi connectivity index (χ0n) is 11.9. The van der Waals surface area contributed by atoms with Crippen LogP contribution >= 0.6 is 11.6 Å². The Kier molecular flexibility index (Phi) is 4.75. The minimum Gasteiger partial charge on any atom is -0.355 e. The predicted octanol–water partition coefficient (Wildman–Crippen LogP) is 2.10. The van der Waals surface area contributed by atoms with E-state index in [1.807, 2.05) is 31.2 Å². The van der Waals surface area contributed by atoms with Crippen LogP contribution in [0, 0.1) is 0 Å². The second kappa shape index (κ2) is 6.54. The van der Waals surface area contributed by atoms with Crippen LogP contribution in [0.1, 0.15) is 17.4 Å². The molecule has 0 unspecified atom stereocenters. The zero-order valence-corrected chi connectivity index (χ0v) is 12.6. The van der Waals surface area contributed by atoms with Crippen molar-refractivity contribution in [2.45, 2.75) is 6.92 Å². The lowest BCUT2D eigenvalue weighted by atomic mass is 10.1. The fraction of sp³-hybridized carbons (Fsp3) is 0.267. The van der Waals surface area contributed by atoms with E-state index in [4.69, 9.17) is 11.6 Å². The second-order valence-corrected chi connectivity index (χ2v) is 4.99. The third-order valence-corrected chi connectivity index (χ3v) is 3.30. The standard InChI is InChI=1S/C15H16ClN3O2/c1-3-17-13(20)9-19(2)15(21)12-8-10-6-4-5-7-11(10)14(16)18-12/h4-8H,3,9H2,1-2H3,(H,17,20).